The highest BCUT2D eigenvalue weighted by atomic mass is 35.5. The molecule has 19 heavy (non-hydrogen) atoms. The van der Waals surface area contributed by atoms with Gasteiger partial charge in [-0.15, -0.1) is 12.4 Å². The Balaban J connectivity index is 0.00000180. The Bertz CT molecular complexity index is 406. The maximum atomic E-state index is 11.9. The maximum absolute atomic E-state index is 11.9. The average molecular weight is 303 g/mol. The fraction of sp³-hybridized carbons (Fsp3) is 0.500. The van der Waals surface area contributed by atoms with Crippen LogP contribution >= 0.6 is 24.0 Å². The normalized spacial score (nSPS) is 18.5. The summed E-state index contributed by atoms with van der Waals surface area (Å²) in [5, 5.41) is 6.96. The van der Waals surface area contributed by atoms with E-state index in [-0.39, 0.29) is 24.4 Å². The standard InChI is InChI=1S/C14H19ClN2O.ClH/c15-12-5-3-4-11(10-12)7-9-17-14(18)13-6-1-2-8-16-13;/h3-5,10,13,16H,1-2,6-9H2,(H,17,18);1H/t13-;/m0./s1. The molecule has 1 heterocycles. The molecule has 0 unspecified atom stereocenters. The Kier molecular flexibility index (Phi) is 7.21. The summed E-state index contributed by atoms with van der Waals surface area (Å²) in [4.78, 5) is 11.9. The fourth-order valence-electron chi connectivity index (χ4n) is 2.22. The number of amides is 1. The van der Waals surface area contributed by atoms with Gasteiger partial charge in [0.2, 0.25) is 5.91 Å². The zero-order valence-corrected chi connectivity index (χ0v) is 12.4. The largest absolute Gasteiger partial charge is 0.354 e. The summed E-state index contributed by atoms with van der Waals surface area (Å²) in [6.07, 6.45) is 4.08. The van der Waals surface area contributed by atoms with Gasteiger partial charge in [-0.1, -0.05) is 30.2 Å². The second kappa shape index (κ2) is 8.41. The van der Waals surface area contributed by atoms with Crippen molar-refractivity contribution in [2.45, 2.75) is 31.7 Å². The summed E-state index contributed by atoms with van der Waals surface area (Å²) in [6.45, 7) is 1.61. The Morgan fingerprint density at radius 2 is 2.26 bits per heavy atom. The first-order chi connectivity index (χ1) is 8.75. The number of nitrogens with one attached hydrogen (secondary N) is 2. The number of rotatable bonds is 4. The van der Waals surface area contributed by atoms with Crippen LogP contribution in [0.15, 0.2) is 24.3 Å². The van der Waals surface area contributed by atoms with Gasteiger partial charge in [-0.3, -0.25) is 4.79 Å². The molecule has 3 nitrogen and oxygen atoms in total. The lowest BCUT2D eigenvalue weighted by Crippen LogP contribution is -2.47. The van der Waals surface area contributed by atoms with E-state index in [9.17, 15) is 4.79 Å². The van der Waals surface area contributed by atoms with Crippen LogP contribution in [0.4, 0.5) is 0 Å². The van der Waals surface area contributed by atoms with Gasteiger partial charge in [0.1, 0.15) is 0 Å². The first-order valence-corrected chi connectivity index (χ1v) is 6.89. The van der Waals surface area contributed by atoms with E-state index in [4.69, 9.17) is 11.6 Å². The molecular formula is C14H20Cl2N2O. The second-order valence-electron chi connectivity index (χ2n) is 4.67. The molecule has 1 amide bonds. The highest BCUT2D eigenvalue weighted by Gasteiger charge is 2.19. The maximum Gasteiger partial charge on any atom is 0.237 e. The Hall–Kier alpha value is -0.770. The van der Waals surface area contributed by atoms with Gasteiger partial charge in [-0.05, 0) is 43.5 Å². The molecule has 0 aromatic heterocycles. The summed E-state index contributed by atoms with van der Waals surface area (Å²) in [7, 11) is 0. The number of carbonyl (C=O) groups excluding carboxylic acids is 1. The topological polar surface area (TPSA) is 41.1 Å². The van der Waals surface area contributed by atoms with E-state index in [0.717, 1.165) is 36.4 Å². The first kappa shape index (κ1) is 16.3. The molecule has 1 aromatic rings. The van der Waals surface area contributed by atoms with Gasteiger partial charge in [0, 0.05) is 11.6 Å². The molecule has 0 spiro atoms. The minimum absolute atomic E-state index is 0. The minimum atomic E-state index is -0.00175. The molecule has 2 N–H and O–H groups in total. The molecule has 0 aliphatic carbocycles. The SMILES string of the molecule is Cl.O=C(NCCc1cccc(Cl)c1)[C@@H]1CCCCN1. The van der Waals surface area contributed by atoms with Crippen molar-refractivity contribution in [3.63, 3.8) is 0 Å². The number of hydrogen-bond donors (Lipinski definition) is 2. The van der Waals surface area contributed by atoms with Crippen molar-refractivity contribution in [3.05, 3.63) is 34.9 Å². The van der Waals surface area contributed by atoms with Crippen molar-refractivity contribution in [2.75, 3.05) is 13.1 Å². The minimum Gasteiger partial charge on any atom is -0.354 e. The number of benzene rings is 1. The van der Waals surface area contributed by atoms with E-state index in [0.29, 0.717) is 6.54 Å². The van der Waals surface area contributed by atoms with Crippen molar-refractivity contribution >= 4 is 29.9 Å². The molecule has 2 rings (SSSR count). The van der Waals surface area contributed by atoms with Crippen LogP contribution in [-0.4, -0.2) is 25.0 Å². The van der Waals surface area contributed by atoms with Crippen molar-refractivity contribution in [3.8, 4) is 0 Å². The second-order valence-corrected chi connectivity index (χ2v) is 5.11. The van der Waals surface area contributed by atoms with E-state index >= 15 is 0 Å². The van der Waals surface area contributed by atoms with E-state index < -0.39 is 0 Å². The average Bonchev–Trinajstić information content (AvgIpc) is 2.40. The molecule has 1 aromatic carbocycles. The molecule has 1 aliphatic rings. The van der Waals surface area contributed by atoms with Gasteiger partial charge in [0.25, 0.3) is 0 Å². The van der Waals surface area contributed by atoms with Crippen molar-refractivity contribution < 1.29 is 4.79 Å². The van der Waals surface area contributed by atoms with Crippen LogP contribution in [0, 0.1) is 0 Å². The van der Waals surface area contributed by atoms with Gasteiger partial charge in [-0.2, -0.15) is 0 Å². The van der Waals surface area contributed by atoms with Gasteiger partial charge in [-0.25, -0.2) is 0 Å². The molecule has 0 radical (unpaired) electrons. The van der Waals surface area contributed by atoms with Crippen LogP contribution in [0.25, 0.3) is 0 Å². The lowest BCUT2D eigenvalue weighted by atomic mass is 10.0. The molecule has 106 valence electrons. The molecule has 0 saturated carbocycles. The van der Waals surface area contributed by atoms with Crippen molar-refractivity contribution in [1.29, 1.82) is 0 Å². The van der Waals surface area contributed by atoms with Gasteiger partial charge in [0.15, 0.2) is 0 Å². The lowest BCUT2D eigenvalue weighted by Gasteiger charge is -2.22. The molecule has 1 atom stereocenters. The van der Waals surface area contributed by atoms with Crippen LogP contribution in [-0.2, 0) is 11.2 Å². The third-order valence-electron chi connectivity index (χ3n) is 3.23. The van der Waals surface area contributed by atoms with Gasteiger partial charge >= 0.3 is 0 Å². The summed E-state index contributed by atoms with van der Waals surface area (Å²) in [5.74, 6) is 0.122. The zero-order valence-electron chi connectivity index (χ0n) is 10.8. The molecule has 0 bridgehead atoms. The van der Waals surface area contributed by atoms with E-state index in [1.54, 1.807) is 0 Å². The third kappa shape index (κ3) is 5.39. The third-order valence-corrected chi connectivity index (χ3v) is 3.46. The number of hydrogen-bond acceptors (Lipinski definition) is 2. The number of halogens is 2. The Labute approximate surface area is 125 Å². The van der Waals surface area contributed by atoms with Gasteiger partial charge < -0.3 is 10.6 Å². The Morgan fingerprint density at radius 3 is 2.95 bits per heavy atom. The van der Waals surface area contributed by atoms with E-state index in [1.807, 2.05) is 24.3 Å². The van der Waals surface area contributed by atoms with Crippen LogP contribution in [0.1, 0.15) is 24.8 Å². The van der Waals surface area contributed by atoms with Crippen LogP contribution in [0.5, 0.6) is 0 Å². The van der Waals surface area contributed by atoms with Crippen molar-refractivity contribution in [1.82, 2.24) is 10.6 Å². The smallest absolute Gasteiger partial charge is 0.237 e. The molecule has 1 fully saturated rings. The molecular weight excluding hydrogens is 283 g/mol. The summed E-state index contributed by atoms with van der Waals surface area (Å²) >= 11 is 5.91. The summed E-state index contributed by atoms with van der Waals surface area (Å²) in [6, 6.07) is 7.75. The molecule has 1 saturated heterocycles. The van der Waals surface area contributed by atoms with Crippen molar-refractivity contribution in [2.24, 2.45) is 0 Å². The highest BCUT2D eigenvalue weighted by Crippen LogP contribution is 2.11. The predicted octanol–water partition coefficient (Wildman–Crippen LogP) is 2.56. The molecule has 1 aliphatic heterocycles. The Morgan fingerprint density at radius 1 is 1.42 bits per heavy atom. The van der Waals surface area contributed by atoms with Crippen LogP contribution in [0.3, 0.4) is 0 Å². The lowest BCUT2D eigenvalue weighted by molar-refractivity contribution is -0.123. The number of carbonyl (C=O) groups is 1. The van der Waals surface area contributed by atoms with Crippen LogP contribution in [0.2, 0.25) is 5.02 Å². The molecule has 5 heteroatoms. The zero-order chi connectivity index (χ0) is 12.8. The van der Waals surface area contributed by atoms with Gasteiger partial charge in [0.05, 0.1) is 6.04 Å². The number of piperidine rings is 1. The summed E-state index contributed by atoms with van der Waals surface area (Å²) in [5.41, 5.74) is 1.15. The summed E-state index contributed by atoms with van der Waals surface area (Å²) < 4.78 is 0. The first-order valence-electron chi connectivity index (χ1n) is 6.51. The van der Waals surface area contributed by atoms with Crippen LogP contribution < -0.4 is 10.6 Å². The quantitative estimate of drug-likeness (QED) is 0.897. The van der Waals surface area contributed by atoms with E-state index in [2.05, 4.69) is 10.6 Å². The van der Waals surface area contributed by atoms with E-state index in [1.165, 1.54) is 6.42 Å². The monoisotopic (exact) mass is 302 g/mol. The highest BCUT2D eigenvalue weighted by molar-refractivity contribution is 6.30. The predicted molar refractivity (Wildman–Crippen MR) is 81.1 cm³/mol. The fourth-order valence-corrected chi connectivity index (χ4v) is 2.43.